The van der Waals surface area contributed by atoms with E-state index < -0.39 is 5.82 Å². The molecule has 22 heavy (non-hydrogen) atoms. The van der Waals surface area contributed by atoms with E-state index in [-0.39, 0.29) is 29.7 Å². The Hall–Kier alpha value is -1.30. The van der Waals surface area contributed by atoms with Crippen molar-refractivity contribution < 1.29 is 14.2 Å². The van der Waals surface area contributed by atoms with Crippen LogP contribution in [0.25, 0.3) is 5.69 Å². The molecule has 1 aromatic carbocycles. The number of aromatic nitrogens is 2. The van der Waals surface area contributed by atoms with E-state index in [4.69, 9.17) is 33.0 Å². The van der Waals surface area contributed by atoms with Gasteiger partial charge in [-0.3, -0.25) is 0 Å². The van der Waals surface area contributed by atoms with Gasteiger partial charge in [-0.05, 0) is 31.7 Å². The second-order valence-electron chi connectivity index (χ2n) is 5.14. The van der Waals surface area contributed by atoms with Gasteiger partial charge in [0.05, 0.1) is 17.3 Å². The predicted octanol–water partition coefficient (Wildman–Crippen LogP) is 3.57. The van der Waals surface area contributed by atoms with E-state index in [1.165, 1.54) is 16.8 Å². The smallest absolute Gasteiger partial charge is 0.150 e. The number of rotatable bonds is 4. The third kappa shape index (κ3) is 2.81. The predicted molar refractivity (Wildman–Crippen MR) is 82.8 cm³/mol. The fraction of sp³-hybridized carbons (Fsp3) is 0.400. The first kappa shape index (κ1) is 15.6. The number of ether oxygens (including phenoxy) is 1. The van der Waals surface area contributed by atoms with Gasteiger partial charge in [-0.2, -0.15) is 5.10 Å². The van der Waals surface area contributed by atoms with Crippen LogP contribution in [0.3, 0.4) is 0 Å². The fourth-order valence-electron chi connectivity index (χ4n) is 2.62. The molecule has 0 spiro atoms. The lowest BCUT2D eigenvalue weighted by Gasteiger charge is -2.11. The Balaban J connectivity index is 2.06. The number of hydrogen-bond donors (Lipinski definition) is 1. The minimum atomic E-state index is -0.525. The van der Waals surface area contributed by atoms with Crippen LogP contribution in [0.4, 0.5) is 4.39 Å². The van der Waals surface area contributed by atoms with Crippen molar-refractivity contribution in [1.29, 1.82) is 0 Å². The Morgan fingerprint density at radius 3 is 2.77 bits per heavy atom. The number of fused-ring (bicyclic) bond motifs is 1. The SMILES string of the molecule is OCCOc1cc(-n2nc3c(c2Cl)CCCC3)c(F)cc1Cl. The van der Waals surface area contributed by atoms with Crippen molar-refractivity contribution in [2.75, 3.05) is 13.2 Å². The molecule has 2 aromatic rings. The summed E-state index contributed by atoms with van der Waals surface area (Å²) in [6, 6.07) is 2.62. The van der Waals surface area contributed by atoms with Crippen molar-refractivity contribution in [3.63, 3.8) is 0 Å². The molecule has 1 heterocycles. The molecular formula is C15H15Cl2FN2O2. The molecule has 0 bridgehead atoms. The van der Waals surface area contributed by atoms with E-state index in [1.54, 1.807) is 0 Å². The summed E-state index contributed by atoms with van der Waals surface area (Å²) < 4.78 is 21.0. The van der Waals surface area contributed by atoms with Gasteiger partial charge in [0.25, 0.3) is 0 Å². The Morgan fingerprint density at radius 2 is 2.05 bits per heavy atom. The van der Waals surface area contributed by atoms with Gasteiger partial charge in [0, 0.05) is 11.6 Å². The average Bonchev–Trinajstić information content (AvgIpc) is 2.84. The second kappa shape index (κ2) is 6.44. The van der Waals surface area contributed by atoms with Crippen molar-refractivity contribution in [2.45, 2.75) is 25.7 Å². The third-order valence-corrected chi connectivity index (χ3v) is 4.36. The minimum Gasteiger partial charge on any atom is -0.490 e. The third-order valence-electron chi connectivity index (χ3n) is 3.67. The number of aryl methyl sites for hydroxylation is 1. The van der Waals surface area contributed by atoms with Crippen LogP contribution in [0.15, 0.2) is 12.1 Å². The maximum Gasteiger partial charge on any atom is 0.150 e. The highest BCUT2D eigenvalue weighted by atomic mass is 35.5. The van der Waals surface area contributed by atoms with E-state index in [0.717, 1.165) is 36.9 Å². The van der Waals surface area contributed by atoms with Gasteiger partial charge < -0.3 is 9.84 Å². The van der Waals surface area contributed by atoms with Crippen LogP contribution in [0.1, 0.15) is 24.1 Å². The number of nitrogens with zero attached hydrogens (tertiary/aromatic N) is 2. The maximum absolute atomic E-state index is 14.3. The van der Waals surface area contributed by atoms with Crippen LogP contribution in [0.5, 0.6) is 5.75 Å². The molecule has 0 saturated heterocycles. The molecule has 0 fully saturated rings. The van der Waals surface area contributed by atoms with Gasteiger partial charge in [0.15, 0.2) is 5.82 Å². The summed E-state index contributed by atoms with van der Waals surface area (Å²) in [5.41, 5.74) is 2.10. The summed E-state index contributed by atoms with van der Waals surface area (Å²) in [7, 11) is 0. The zero-order chi connectivity index (χ0) is 15.7. The van der Waals surface area contributed by atoms with Gasteiger partial charge in [-0.25, -0.2) is 9.07 Å². The van der Waals surface area contributed by atoms with E-state index in [1.807, 2.05) is 0 Å². The van der Waals surface area contributed by atoms with Crippen LogP contribution in [-0.4, -0.2) is 28.1 Å². The average molecular weight is 345 g/mol. The Labute approximate surface area is 137 Å². The summed E-state index contributed by atoms with van der Waals surface area (Å²) in [5.74, 6) is -0.236. The van der Waals surface area contributed by atoms with Crippen molar-refractivity contribution in [3.8, 4) is 11.4 Å². The van der Waals surface area contributed by atoms with Gasteiger partial charge in [-0.1, -0.05) is 23.2 Å². The first-order valence-corrected chi connectivity index (χ1v) is 7.86. The van der Waals surface area contributed by atoms with E-state index in [9.17, 15) is 4.39 Å². The zero-order valence-corrected chi connectivity index (χ0v) is 13.3. The summed E-state index contributed by atoms with van der Waals surface area (Å²) in [6.07, 6.45) is 3.84. The minimum absolute atomic E-state index is 0.0775. The molecular weight excluding hydrogens is 330 g/mol. The van der Waals surface area contributed by atoms with Gasteiger partial charge >= 0.3 is 0 Å². The van der Waals surface area contributed by atoms with Crippen LogP contribution >= 0.6 is 23.2 Å². The Kier molecular flexibility index (Phi) is 4.57. The molecule has 0 unspecified atom stereocenters. The number of hydrogen-bond acceptors (Lipinski definition) is 3. The highest BCUT2D eigenvalue weighted by Gasteiger charge is 2.22. The molecule has 0 radical (unpaired) electrons. The lowest BCUT2D eigenvalue weighted by atomic mass is 9.99. The van der Waals surface area contributed by atoms with E-state index >= 15 is 0 Å². The first-order valence-electron chi connectivity index (χ1n) is 7.11. The van der Waals surface area contributed by atoms with Crippen molar-refractivity contribution >= 4 is 23.2 Å². The summed E-state index contributed by atoms with van der Waals surface area (Å²) >= 11 is 12.3. The van der Waals surface area contributed by atoms with Crippen LogP contribution < -0.4 is 4.74 Å². The molecule has 0 aliphatic heterocycles. The van der Waals surface area contributed by atoms with Gasteiger partial charge in [0.2, 0.25) is 0 Å². The van der Waals surface area contributed by atoms with Gasteiger partial charge in [-0.15, -0.1) is 0 Å². The van der Waals surface area contributed by atoms with Crippen molar-refractivity contribution in [1.82, 2.24) is 9.78 Å². The fourth-order valence-corrected chi connectivity index (χ4v) is 3.16. The molecule has 7 heteroatoms. The molecule has 3 rings (SSSR count). The highest BCUT2D eigenvalue weighted by Crippen LogP contribution is 2.34. The molecule has 1 aromatic heterocycles. The molecule has 0 amide bonds. The second-order valence-corrected chi connectivity index (χ2v) is 5.91. The van der Waals surface area contributed by atoms with Crippen LogP contribution in [0, 0.1) is 5.82 Å². The molecule has 0 saturated carbocycles. The number of aliphatic hydroxyl groups excluding tert-OH is 1. The molecule has 1 aliphatic carbocycles. The van der Waals surface area contributed by atoms with Gasteiger partial charge in [0.1, 0.15) is 23.2 Å². The maximum atomic E-state index is 14.3. The number of aliphatic hydroxyl groups is 1. The van der Waals surface area contributed by atoms with Crippen molar-refractivity contribution in [3.05, 3.63) is 39.4 Å². The summed E-state index contributed by atoms with van der Waals surface area (Å²) in [4.78, 5) is 0. The monoisotopic (exact) mass is 344 g/mol. The largest absolute Gasteiger partial charge is 0.490 e. The topological polar surface area (TPSA) is 47.3 Å². The lowest BCUT2D eigenvalue weighted by molar-refractivity contribution is 0.201. The Bertz CT molecular complexity index is 703. The molecule has 118 valence electrons. The molecule has 1 N–H and O–H groups in total. The molecule has 4 nitrogen and oxygen atoms in total. The Morgan fingerprint density at radius 1 is 1.27 bits per heavy atom. The molecule has 0 atom stereocenters. The molecule has 1 aliphatic rings. The van der Waals surface area contributed by atoms with E-state index in [2.05, 4.69) is 5.10 Å². The van der Waals surface area contributed by atoms with Crippen LogP contribution in [-0.2, 0) is 12.8 Å². The normalized spacial score (nSPS) is 14.0. The zero-order valence-electron chi connectivity index (χ0n) is 11.8. The van der Waals surface area contributed by atoms with E-state index in [0.29, 0.717) is 5.15 Å². The van der Waals surface area contributed by atoms with Crippen molar-refractivity contribution in [2.24, 2.45) is 0 Å². The number of benzene rings is 1. The lowest BCUT2D eigenvalue weighted by Crippen LogP contribution is -2.05. The standard InChI is InChI=1S/C15H15Cl2FN2O2/c16-10-7-11(18)13(8-14(10)22-6-5-21)20-15(17)9-3-1-2-4-12(9)19-20/h7-8,21H,1-6H2. The summed E-state index contributed by atoms with van der Waals surface area (Å²) in [6.45, 7) is -0.0754. The summed E-state index contributed by atoms with van der Waals surface area (Å²) in [5, 5.41) is 13.8. The quantitative estimate of drug-likeness (QED) is 0.922. The highest BCUT2D eigenvalue weighted by molar-refractivity contribution is 6.32. The van der Waals surface area contributed by atoms with Crippen LogP contribution in [0.2, 0.25) is 10.2 Å². The number of halogens is 3. The first-order chi connectivity index (χ1) is 10.6.